The number of urea groups is 1. The van der Waals surface area contributed by atoms with Crippen LogP contribution in [0.3, 0.4) is 0 Å². The van der Waals surface area contributed by atoms with E-state index in [2.05, 4.69) is 22.5 Å². The van der Waals surface area contributed by atoms with Crippen molar-refractivity contribution in [2.45, 2.75) is 0 Å². The SMILES string of the molecule is O=C(/C=C/c1ccccc1Cl)NCC#Cc1ccc(N2CCNC2=O)cc1. The summed E-state index contributed by atoms with van der Waals surface area (Å²) in [6, 6.07) is 14.6. The Bertz CT molecular complexity index is 926. The fourth-order valence-corrected chi connectivity index (χ4v) is 2.75. The van der Waals surface area contributed by atoms with Crippen LogP contribution in [0.1, 0.15) is 11.1 Å². The highest BCUT2D eigenvalue weighted by Crippen LogP contribution is 2.17. The number of hydrogen-bond acceptors (Lipinski definition) is 2. The van der Waals surface area contributed by atoms with Crippen LogP contribution in [0, 0.1) is 11.8 Å². The van der Waals surface area contributed by atoms with Gasteiger partial charge >= 0.3 is 6.03 Å². The summed E-state index contributed by atoms with van der Waals surface area (Å²) < 4.78 is 0. The van der Waals surface area contributed by atoms with Gasteiger partial charge in [0.2, 0.25) is 5.91 Å². The van der Waals surface area contributed by atoms with Crippen LogP contribution in [0.4, 0.5) is 10.5 Å². The molecule has 1 saturated heterocycles. The fraction of sp³-hybridized carbons (Fsp3) is 0.143. The van der Waals surface area contributed by atoms with Gasteiger partial charge in [0, 0.05) is 35.4 Å². The Morgan fingerprint density at radius 1 is 1.22 bits per heavy atom. The Morgan fingerprint density at radius 3 is 2.70 bits per heavy atom. The standard InChI is InChI=1S/C21H18ClN3O2/c22-19-6-2-1-5-17(19)9-12-20(26)23-13-3-4-16-7-10-18(11-8-16)25-15-14-24-21(25)27/h1-2,5-12H,13-15H2,(H,23,26)(H,24,27)/b12-9+. The van der Waals surface area contributed by atoms with Gasteiger partial charge in [-0.05, 0) is 42.0 Å². The predicted molar refractivity (Wildman–Crippen MR) is 108 cm³/mol. The zero-order chi connectivity index (χ0) is 19.1. The lowest BCUT2D eigenvalue weighted by Gasteiger charge is -2.13. The molecule has 136 valence electrons. The molecule has 6 heteroatoms. The van der Waals surface area contributed by atoms with Crippen LogP contribution in [-0.4, -0.2) is 31.6 Å². The Balaban J connectivity index is 1.49. The molecular formula is C21H18ClN3O2. The Morgan fingerprint density at radius 2 is 2.00 bits per heavy atom. The summed E-state index contributed by atoms with van der Waals surface area (Å²) in [5.74, 6) is 5.65. The average Bonchev–Trinajstić information content (AvgIpc) is 3.11. The van der Waals surface area contributed by atoms with Gasteiger partial charge in [-0.3, -0.25) is 9.69 Å². The third kappa shape index (κ3) is 5.13. The number of anilines is 1. The summed E-state index contributed by atoms with van der Waals surface area (Å²) in [7, 11) is 0. The molecule has 0 spiro atoms. The molecule has 1 fully saturated rings. The molecule has 1 heterocycles. The fourth-order valence-electron chi connectivity index (χ4n) is 2.55. The van der Waals surface area contributed by atoms with Gasteiger partial charge in [0.25, 0.3) is 0 Å². The normalized spacial score (nSPS) is 13.2. The number of benzene rings is 2. The highest BCUT2D eigenvalue weighted by molar-refractivity contribution is 6.32. The average molecular weight is 380 g/mol. The molecule has 2 aromatic carbocycles. The maximum absolute atomic E-state index is 11.8. The number of hydrogen-bond donors (Lipinski definition) is 2. The van der Waals surface area contributed by atoms with Crippen molar-refractivity contribution < 1.29 is 9.59 Å². The number of nitrogens with one attached hydrogen (secondary N) is 2. The molecule has 3 rings (SSSR count). The molecule has 5 nitrogen and oxygen atoms in total. The molecule has 0 radical (unpaired) electrons. The lowest BCUT2D eigenvalue weighted by Crippen LogP contribution is -2.27. The molecule has 2 N–H and O–H groups in total. The molecule has 2 aromatic rings. The minimum atomic E-state index is -0.236. The molecule has 0 aromatic heterocycles. The molecule has 0 unspecified atom stereocenters. The third-order valence-electron chi connectivity index (χ3n) is 3.94. The van der Waals surface area contributed by atoms with Gasteiger partial charge in [-0.2, -0.15) is 0 Å². The van der Waals surface area contributed by atoms with E-state index in [9.17, 15) is 9.59 Å². The summed E-state index contributed by atoms with van der Waals surface area (Å²) in [5, 5.41) is 6.06. The summed E-state index contributed by atoms with van der Waals surface area (Å²) in [6.45, 7) is 1.56. The van der Waals surface area contributed by atoms with Crippen LogP contribution in [0.5, 0.6) is 0 Å². The topological polar surface area (TPSA) is 61.4 Å². The van der Waals surface area contributed by atoms with Gasteiger partial charge in [0.15, 0.2) is 0 Å². The van der Waals surface area contributed by atoms with E-state index in [-0.39, 0.29) is 18.5 Å². The molecule has 0 atom stereocenters. The number of rotatable bonds is 4. The quantitative estimate of drug-likeness (QED) is 0.633. The number of amides is 3. The lowest BCUT2D eigenvalue weighted by molar-refractivity contribution is -0.116. The zero-order valence-corrected chi connectivity index (χ0v) is 15.3. The van der Waals surface area contributed by atoms with E-state index >= 15 is 0 Å². The molecule has 1 aliphatic rings. The summed E-state index contributed by atoms with van der Waals surface area (Å²) >= 11 is 6.03. The summed E-state index contributed by atoms with van der Waals surface area (Å²) in [4.78, 5) is 25.1. The van der Waals surface area contributed by atoms with E-state index in [1.54, 1.807) is 17.0 Å². The van der Waals surface area contributed by atoms with Crippen molar-refractivity contribution in [1.29, 1.82) is 0 Å². The van der Waals surface area contributed by atoms with Crippen molar-refractivity contribution >= 4 is 35.3 Å². The highest BCUT2D eigenvalue weighted by atomic mass is 35.5. The van der Waals surface area contributed by atoms with Crippen LogP contribution in [-0.2, 0) is 4.79 Å². The first-order chi connectivity index (χ1) is 13.1. The van der Waals surface area contributed by atoms with Gasteiger partial charge in [0.1, 0.15) is 0 Å². The molecule has 0 saturated carbocycles. The second-order valence-corrected chi connectivity index (χ2v) is 6.21. The maximum Gasteiger partial charge on any atom is 0.321 e. The third-order valence-corrected chi connectivity index (χ3v) is 4.28. The first kappa shape index (κ1) is 18.6. The molecule has 1 aliphatic heterocycles. The minimum absolute atomic E-state index is 0.0820. The first-order valence-electron chi connectivity index (χ1n) is 8.48. The van der Waals surface area contributed by atoms with Crippen molar-refractivity contribution in [3.63, 3.8) is 0 Å². The Hall–Kier alpha value is -3.23. The molecule has 0 bridgehead atoms. The van der Waals surface area contributed by atoms with Crippen LogP contribution in [0.2, 0.25) is 5.02 Å². The number of halogens is 1. The molecule has 0 aliphatic carbocycles. The molecular weight excluding hydrogens is 362 g/mol. The lowest BCUT2D eigenvalue weighted by atomic mass is 10.2. The van der Waals surface area contributed by atoms with Gasteiger partial charge in [-0.25, -0.2) is 4.79 Å². The smallest absolute Gasteiger partial charge is 0.321 e. The Kier molecular flexibility index (Phi) is 6.14. The van der Waals surface area contributed by atoms with Gasteiger partial charge in [-0.15, -0.1) is 0 Å². The summed E-state index contributed by atoms with van der Waals surface area (Å²) in [6.07, 6.45) is 3.09. The summed E-state index contributed by atoms with van der Waals surface area (Å²) in [5.41, 5.74) is 2.44. The molecule has 27 heavy (non-hydrogen) atoms. The monoisotopic (exact) mass is 379 g/mol. The van der Waals surface area contributed by atoms with Crippen LogP contribution >= 0.6 is 11.6 Å². The maximum atomic E-state index is 11.8. The van der Waals surface area contributed by atoms with Crippen molar-refractivity contribution in [1.82, 2.24) is 10.6 Å². The minimum Gasteiger partial charge on any atom is -0.342 e. The largest absolute Gasteiger partial charge is 0.342 e. The predicted octanol–water partition coefficient (Wildman–Crippen LogP) is 3.05. The Labute approximate surface area is 163 Å². The van der Waals surface area contributed by atoms with Crippen molar-refractivity contribution in [3.05, 3.63) is 70.8 Å². The van der Waals surface area contributed by atoms with E-state index in [1.165, 1.54) is 6.08 Å². The van der Waals surface area contributed by atoms with Gasteiger partial charge in [0.05, 0.1) is 6.54 Å². The van der Waals surface area contributed by atoms with Crippen LogP contribution in [0.25, 0.3) is 6.08 Å². The van der Waals surface area contributed by atoms with Crippen molar-refractivity contribution in [2.75, 3.05) is 24.5 Å². The second-order valence-electron chi connectivity index (χ2n) is 5.80. The number of carbonyl (C=O) groups excluding carboxylic acids is 2. The first-order valence-corrected chi connectivity index (χ1v) is 8.86. The zero-order valence-electron chi connectivity index (χ0n) is 14.5. The number of carbonyl (C=O) groups is 2. The van der Waals surface area contributed by atoms with Gasteiger partial charge < -0.3 is 10.6 Å². The number of nitrogens with zero attached hydrogens (tertiary/aromatic N) is 1. The van der Waals surface area contributed by atoms with Crippen molar-refractivity contribution in [3.8, 4) is 11.8 Å². The van der Waals surface area contributed by atoms with E-state index in [0.717, 1.165) is 16.8 Å². The van der Waals surface area contributed by atoms with E-state index < -0.39 is 0 Å². The van der Waals surface area contributed by atoms with E-state index in [1.807, 2.05) is 42.5 Å². The van der Waals surface area contributed by atoms with Crippen molar-refractivity contribution in [2.24, 2.45) is 0 Å². The second kappa shape index (κ2) is 8.93. The van der Waals surface area contributed by atoms with Crippen LogP contribution < -0.4 is 15.5 Å². The highest BCUT2D eigenvalue weighted by Gasteiger charge is 2.20. The molecule has 3 amide bonds. The van der Waals surface area contributed by atoms with Gasteiger partial charge in [-0.1, -0.05) is 41.6 Å². The van der Waals surface area contributed by atoms with E-state index in [4.69, 9.17) is 11.6 Å². The van der Waals surface area contributed by atoms with Crippen LogP contribution in [0.15, 0.2) is 54.6 Å². The van der Waals surface area contributed by atoms with E-state index in [0.29, 0.717) is 18.1 Å².